The largest absolute Gasteiger partial charge is 0.367 e. The molecule has 35 heavy (non-hydrogen) atoms. The van der Waals surface area contributed by atoms with Gasteiger partial charge >= 0.3 is 0 Å². The molecule has 4 aliphatic rings. The third kappa shape index (κ3) is 4.63. The summed E-state index contributed by atoms with van der Waals surface area (Å²) in [6.45, 7) is 2.77. The molecule has 1 aromatic heterocycles. The molecule has 2 aromatic rings. The van der Waals surface area contributed by atoms with Gasteiger partial charge < -0.3 is 21.3 Å². The molecule has 1 aromatic carbocycles. The lowest BCUT2D eigenvalue weighted by atomic mass is 9.54. The highest BCUT2D eigenvalue weighted by molar-refractivity contribution is 5.94. The van der Waals surface area contributed by atoms with Crippen molar-refractivity contribution in [3.8, 4) is 0 Å². The maximum Gasteiger partial charge on any atom is 0.267 e. The summed E-state index contributed by atoms with van der Waals surface area (Å²) in [5, 5.41) is 7.42. The van der Waals surface area contributed by atoms with Crippen molar-refractivity contribution in [2.24, 2.45) is 11.1 Å². The van der Waals surface area contributed by atoms with E-state index in [0.717, 1.165) is 63.1 Å². The molecule has 186 valence electrons. The minimum Gasteiger partial charge on any atom is -0.367 e. The van der Waals surface area contributed by atoms with Crippen molar-refractivity contribution in [1.29, 1.82) is 0 Å². The molecule has 7 heteroatoms. The van der Waals surface area contributed by atoms with Crippen molar-refractivity contribution >= 4 is 17.7 Å². The van der Waals surface area contributed by atoms with Crippen molar-refractivity contribution in [3.05, 3.63) is 46.6 Å². The van der Waals surface area contributed by atoms with Gasteiger partial charge in [-0.25, -0.2) is 4.98 Å². The molecule has 0 bridgehead atoms. The van der Waals surface area contributed by atoms with Crippen molar-refractivity contribution < 1.29 is 4.79 Å². The first kappa shape index (κ1) is 22.8. The van der Waals surface area contributed by atoms with Gasteiger partial charge in [-0.2, -0.15) is 4.98 Å². The average molecular weight is 475 g/mol. The van der Waals surface area contributed by atoms with Crippen LogP contribution in [0, 0.1) is 5.41 Å². The first-order valence-electron chi connectivity index (χ1n) is 13.6. The van der Waals surface area contributed by atoms with Crippen LogP contribution in [0.4, 0.5) is 11.8 Å². The van der Waals surface area contributed by atoms with E-state index < -0.39 is 5.91 Å². The minimum atomic E-state index is -0.449. The standard InChI is InChI=1S/C28H38N6O/c29-25(35)24-23(10-9-21-15-19-7-2-3-8-20(19)18-30-21)26(31-22-16-28(17-22)11-6-12-28)33-27(32-24)34-13-4-1-5-14-34/h2-3,7-8,21-22,30H,1,4-6,9-18H2,(H2,29,35)(H,31,32,33). The third-order valence-electron chi connectivity index (χ3n) is 8.89. The van der Waals surface area contributed by atoms with E-state index in [2.05, 4.69) is 39.8 Å². The highest BCUT2D eigenvalue weighted by atomic mass is 16.1. The molecule has 3 heterocycles. The van der Waals surface area contributed by atoms with Crippen molar-refractivity contribution in [3.63, 3.8) is 0 Å². The van der Waals surface area contributed by atoms with Crippen LogP contribution in [0.3, 0.4) is 0 Å². The fourth-order valence-electron chi connectivity index (χ4n) is 6.68. The molecule has 4 N–H and O–H groups in total. The summed E-state index contributed by atoms with van der Waals surface area (Å²) in [5.74, 6) is 1.05. The summed E-state index contributed by atoms with van der Waals surface area (Å²) in [4.78, 5) is 24.6. The molecule has 2 saturated carbocycles. The Hall–Kier alpha value is -2.67. The Morgan fingerprint density at radius 2 is 1.86 bits per heavy atom. The predicted molar refractivity (Wildman–Crippen MR) is 139 cm³/mol. The Bertz CT molecular complexity index is 1080. The molecule has 1 spiro atoms. The van der Waals surface area contributed by atoms with E-state index in [9.17, 15) is 4.79 Å². The number of aromatic nitrogens is 2. The summed E-state index contributed by atoms with van der Waals surface area (Å²) >= 11 is 0. The van der Waals surface area contributed by atoms with E-state index in [4.69, 9.17) is 15.7 Å². The highest BCUT2D eigenvalue weighted by Gasteiger charge is 2.48. The zero-order valence-corrected chi connectivity index (χ0v) is 20.7. The van der Waals surface area contributed by atoms with Crippen LogP contribution in [-0.2, 0) is 19.4 Å². The van der Waals surface area contributed by atoms with Gasteiger partial charge in [0.05, 0.1) is 0 Å². The Morgan fingerprint density at radius 1 is 1.09 bits per heavy atom. The van der Waals surface area contributed by atoms with Gasteiger partial charge in [-0.1, -0.05) is 30.7 Å². The van der Waals surface area contributed by atoms with Gasteiger partial charge in [-0.3, -0.25) is 4.79 Å². The average Bonchev–Trinajstić information content (AvgIpc) is 2.83. The van der Waals surface area contributed by atoms with Crippen LogP contribution in [-0.4, -0.2) is 41.0 Å². The zero-order valence-electron chi connectivity index (χ0n) is 20.7. The van der Waals surface area contributed by atoms with Gasteiger partial charge in [0.1, 0.15) is 11.5 Å². The number of nitrogens with one attached hydrogen (secondary N) is 2. The summed E-state index contributed by atoms with van der Waals surface area (Å²) in [7, 11) is 0. The monoisotopic (exact) mass is 474 g/mol. The molecule has 0 radical (unpaired) electrons. The number of piperidine rings is 1. The second-order valence-electron chi connectivity index (χ2n) is 11.3. The lowest BCUT2D eigenvalue weighted by Gasteiger charge is -2.54. The van der Waals surface area contributed by atoms with Gasteiger partial charge in [0, 0.05) is 37.3 Å². The number of hydrogen-bond acceptors (Lipinski definition) is 6. The molecule has 1 amide bonds. The normalized spacial score (nSPS) is 23.3. The van der Waals surface area contributed by atoms with E-state index >= 15 is 0 Å². The van der Waals surface area contributed by atoms with E-state index in [1.54, 1.807) is 0 Å². The Kier molecular flexibility index (Phi) is 6.13. The van der Waals surface area contributed by atoms with E-state index in [0.29, 0.717) is 29.1 Å². The lowest BCUT2D eigenvalue weighted by Crippen LogP contribution is -2.49. The van der Waals surface area contributed by atoms with Crippen LogP contribution in [0.1, 0.15) is 85.0 Å². The molecule has 2 aliphatic carbocycles. The second-order valence-corrected chi connectivity index (χ2v) is 11.3. The van der Waals surface area contributed by atoms with E-state index in [1.807, 2.05) is 0 Å². The van der Waals surface area contributed by atoms with Gasteiger partial charge in [0.25, 0.3) is 5.91 Å². The number of rotatable bonds is 7. The summed E-state index contributed by atoms with van der Waals surface area (Å²) in [5.41, 5.74) is 10.6. The topological polar surface area (TPSA) is 96.2 Å². The number of primary amides is 1. The fourth-order valence-corrected chi connectivity index (χ4v) is 6.68. The van der Waals surface area contributed by atoms with Crippen LogP contribution in [0.15, 0.2) is 24.3 Å². The number of nitrogens with two attached hydrogens (primary N) is 1. The van der Waals surface area contributed by atoms with Crippen molar-refractivity contribution in [2.45, 2.75) is 89.3 Å². The van der Waals surface area contributed by atoms with Crippen molar-refractivity contribution in [1.82, 2.24) is 15.3 Å². The summed E-state index contributed by atoms with van der Waals surface area (Å²) < 4.78 is 0. The van der Waals surface area contributed by atoms with Crippen molar-refractivity contribution in [2.75, 3.05) is 23.3 Å². The number of hydrogen-bond donors (Lipinski definition) is 3. The zero-order chi connectivity index (χ0) is 23.8. The smallest absolute Gasteiger partial charge is 0.267 e. The molecule has 1 atom stereocenters. The van der Waals surface area contributed by atoms with Crippen LogP contribution >= 0.6 is 0 Å². The molecule has 7 nitrogen and oxygen atoms in total. The van der Waals surface area contributed by atoms with E-state index in [-0.39, 0.29) is 0 Å². The number of carbonyl (C=O) groups excluding carboxylic acids is 1. The number of fused-ring (bicyclic) bond motifs is 1. The summed E-state index contributed by atoms with van der Waals surface area (Å²) in [6, 6.07) is 9.45. The predicted octanol–water partition coefficient (Wildman–Crippen LogP) is 3.96. The van der Waals surface area contributed by atoms with E-state index in [1.165, 1.54) is 49.7 Å². The van der Waals surface area contributed by atoms with Crippen LogP contribution in [0.25, 0.3) is 0 Å². The van der Waals surface area contributed by atoms with Crippen LogP contribution < -0.4 is 21.3 Å². The van der Waals surface area contributed by atoms with Gasteiger partial charge in [-0.05, 0) is 80.8 Å². The molecule has 6 rings (SSSR count). The number of anilines is 2. The second kappa shape index (κ2) is 9.41. The lowest BCUT2D eigenvalue weighted by molar-refractivity contribution is 0.0190. The molecule has 1 saturated heterocycles. The molecular weight excluding hydrogens is 436 g/mol. The maximum atomic E-state index is 12.6. The number of amides is 1. The number of carbonyl (C=O) groups is 1. The van der Waals surface area contributed by atoms with Gasteiger partial charge in [-0.15, -0.1) is 0 Å². The molecule has 1 unspecified atom stereocenters. The van der Waals surface area contributed by atoms with Gasteiger partial charge in [0.15, 0.2) is 0 Å². The first-order chi connectivity index (χ1) is 17.1. The summed E-state index contributed by atoms with van der Waals surface area (Å²) in [6.07, 6.45) is 12.7. The Labute approximate surface area is 208 Å². The fraction of sp³-hybridized carbons (Fsp3) is 0.607. The number of benzene rings is 1. The first-order valence-corrected chi connectivity index (χ1v) is 13.6. The Morgan fingerprint density at radius 3 is 2.57 bits per heavy atom. The quantitative estimate of drug-likeness (QED) is 0.562. The molecule has 3 fully saturated rings. The Balaban J connectivity index is 1.25. The minimum absolute atomic E-state index is 0.363. The van der Waals surface area contributed by atoms with Crippen LogP contribution in [0.5, 0.6) is 0 Å². The number of nitrogens with zero attached hydrogens (tertiary/aromatic N) is 3. The highest BCUT2D eigenvalue weighted by Crippen LogP contribution is 2.56. The molecular formula is C28H38N6O. The SMILES string of the molecule is NC(=O)c1nc(N2CCCCC2)nc(NC2CC3(CCC3)C2)c1CCC1Cc2ccccc2CN1. The van der Waals surface area contributed by atoms with Gasteiger partial charge in [0.2, 0.25) is 5.95 Å². The molecule has 2 aliphatic heterocycles. The van der Waals surface area contributed by atoms with Crippen LogP contribution in [0.2, 0.25) is 0 Å². The maximum absolute atomic E-state index is 12.6. The third-order valence-corrected chi connectivity index (χ3v) is 8.89.